The smallest absolute Gasteiger partial charge is 0.237 e. The standard InChI is InChI=1S/C28H29FN4O3/c1-18(32-28(34)25-7-4-14-30-25)27(19-5-3-6-23(15-19)35-2)36-24-12-13-26-20(16-24)17-31-33(26)22-10-8-21(29)9-11-22/h3,5-6,8-13,15-18,25,27,30H,4,7,14H2,1-2H3,(H,32,34)/t18-,25+,27+/m0/s1. The van der Waals surface area contributed by atoms with Gasteiger partial charge in [-0.3, -0.25) is 4.79 Å². The second-order valence-corrected chi connectivity index (χ2v) is 9.01. The Balaban J connectivity index is 1.42. The molecule has 0 radical (unpaired) electrons. The van der Waals surface area contributed by atoms with E-state index in [4.69, 9.17) is 9.47 Å². The lowest BCUT2D eigenvalue weighted by molar-refractivity contribution is -0.124. The molecular formula is C28H29FN4O3. The van der Waals surface area contributed by atoms with Crippen molar-refractivity contribution in [1.82, 2.24) is 20.4 Å². The highest BCUT2D eigenvalue weighted by Gasteiger charge is 2.28. The van der Waals surface area contributed by atoms with Crippen molar-refractivity contribution in [3.8, 4) is 17.2 Å². The van der Waals surface area contributed by atoms with Crippen LogP contribution in [0, 0.1) is 5.82 Å². The molecule has 7 nitrogen and oxygen atoms in total. The number of carbonyl (C=O) groups is 1. The van der Waals surface area contributed by atoms with Crippen molar-refractivity contribution in [1.29, 1.82) is 0 Å². The number of carbonyl (C=O) groups excluding carboxylic acids is 1. The first-order valence-electron chi connectivity index (χ1n) is 12.1. The number of aromatic nitrogens is 2. The van der Waals surface area contributed by atoms with Gasteiger partial charge in [-0.05, 0) is 86.5 Å². The topological polar surface area (TPSA) is 77.4 Å². The van der Waals surface area contributed by atoms with Gasteiger partial charge >= 0.3 is 0 Å². The van der Waals surface area contributed by atoms with E-state index >= 15 is 0 Å². The van der Waals surface area contributed by atoms with Gasteiger partial charge in [0.25, 0.3) is 0 Å². The molecule has 1 aromatic heterocycles. The summed E-state index contributed by atoms with van der Waals surface area (Å²) in [5.74, 6) is 1.05. The fraction of sp³-hybridized carbons (Fsp3) is 0.286. The summed E-state index contributed by atoms with van der Waals surface area (Å²) in [5, 5.41) is 11.7. The van der Waals surface area contributed by atoms with Gasteiger partial charge < -0.3 is 20.1 Å². The van der Waals surface area contributed by atoms with Crippen LogP contribution in [0.1, 0.15) is 31.4 Å². The SMILES string of the molecule is COc1cccc([C@H](Oc2ccc3c(cnn3-c3ccc(F)cc3)c2)[C@H](C)NC(=O)[C@H]2CCCN2)c1. The predicted molar refractivity (Wildman–Crippen MR) is 136 cm³/mol. The number of hydrogen-bond donors (Lipinski definition) is 2. The summed E-state index contributed by atoms with van der Waals surface area (Å²) in [5.41, 5.74) is 2.54. The van der Waals surface area contributed by atoms with E-state index in [2.05, 4.69) is 15.7 Å². The monoisotopic (exact) mass is 488 g/mol. The van der Waals surface area contributed by atoms with Crippen molar-refractivity contribution >= 4 is 16.8 Å². The van der Waals surface area contributed by atoms with Crippen LogP contribution in [0.25, 0.3) is 16.6 Å². The van der Waals surface area contributed by atoms with Crippen molar-refractivity contribution in [2.45, 2.75) is 38.0 Å². The Hall–Kier alpha value is -3.91. The Kier molecular flexibility index (Phi) is 6.86. The Morgan fingerprint density at radius 2 is 1.97 bits per heavy atom. The third-order valence-electron chi connectivity index (χ3n) is 6.50. The molecule has 0 unspecified atom stereocenters. The van der Waals surface area contributed by atoms with Gasteiger partial charge in [0, 0.05) is 5.39 Å². The molecule has 2 N–H and O–H groups in total. The number of ether oxygens (including phenoxy) is 2. The van der Waals surface area contributed by atoms with Crippen LogP contribution in [0.5, 0.6) is 11.5 Å². The van der Waals surface area contributed by atoms with Gasteiger partial charge in [-0.25, -0.2) is 9.07 Å². The van der Waals surface area contributed by atoms with Crippen molar-refractivity contribution in [3.63, 3.8) is 0 Å². The molecule has 1 saturated heterocycles. The minimum atomic E-state index is -0.449. The average molecular weight is 489 g/mol. The summed E-state index contributed by atoms with van der Waals surface area (Å²) in [7, 11) is 1.62. The van der Waals surface area contributed by atoms with E-state index in [1.807, 2.05) is 49.4 Å². The van der Waals surface area contributed by atoms with E-state index < -0.39 is 6.10 Å². The molecule has 8 heteroatoms. The fourth-order valence-corrected chi connectivity index (χ4v) is 4.61. The van der Waals surface area contributed by atoms with E-state index in [9.17, 15) is 9.18 Å². The summed E-state index contributed by atoms with van der Waals surface area (Å²) in [6.07, 6.45) is 3.13. The molecule has 186 valence electrons. The Morgan fingerprint density at radius 3 is 2.72 bits per heavy atom. The zero-order chi connectivity index (χ0) is 25.1. The highest BCUT2D eigenvalue weighted by molar-refractivity contribution is 5.83. The Labute approximate surface area is 209 Å². The molecule has 2 heterocycles. The second kappa shape index (κ2) is 10.4. The number of rotatable bonds is 8. The predicted octanol–water partition coefficient (Wildman–Crippen LogP) is 4.55. The summed E-state index contributed by atoms with van der Waals surface area (Å²) in [6, 6.07) is 19.1. The van der Waals surface area contributed by atoms with Gasteiger partial charge in [0.1, 0.15) is 23.4 Å². The quantitative estimate of drug-likeness (QED) is 0.381. The number of halogens is 1. The number of amides is 1. The molecule has 0 aliphatic carbocycles. The number of fused-ring (bicyclic) bond motifs is 1. The van der Waals surface area contributed by atoms with Crippen LogP contribution in [0.2, 0.25) is 0 Å². The highest BCUT2D eigenvalue weighted by Crippen LogP contribution is 2.30. The van der Waals surface area contributed by atoms with Crippen molar-refractivity contribution in [3.05, 3.63) is 84.3 Å². The first-order chi connectivity index (χ1) is 17.5. The Bertz CT molecular complexity index is 1350. The van der Waals surface area contributed by atoms with Gasteiger partial charge in [0.05, 0.1) is 36.6 Å². The molecule has 1 amide bonds. The molecular weight excluding hydrogens is 459 g/mol. The van der Waals surface area contributed by atoms with Crippen LogP contribution in [0.15, 0.2) is 72.9 Å². The van der Waals surface area contributed by atoms with Crippen molar-refractivity contribution in [2.24, 2.45) is 0 Å². The fourth-order valence-electron chi connectivity index (χ4n) is 4.61. The molecule has 36 heavy (non-hydrogen) atoms. The lowest BCUT2D eigenvalue weighted by Crippen LogP contribution is -2.47. The number of methoxy groups -OCH3 is 1. The van der Waals surface area contributed by atoms with E-state index in [1.54, 1.807) is 30.1 Å². The molecule has 1 fully saturated rings. The second-order valence-electron chi connectivity index (χ2n) is 9.01. The lowest BCUT2D eigenvalue weighted by atomic mass is 10.0. The van der Waals surface area contributed by atoms with E-state index in [0.29, 0.717) is 11.5 Å². The molecule has 5 rings (SSSR count). The van der Waals surface area contributed by atoms with Crippen LogP contribution in [0.4, 0.5) is 4.39 Å². The molecule has 1 aliphatic heterocycles. The average Bonchev–Trinajstić information content (AvgIpc) is 3.58. The van der Waals surface area contributed by atoms with Gasteiger partial charge in [0.15, 0.2) is 0 Å². The number of nitrogens with one attached hydrogen (secondary N) is 2. The van der Waals surface area contributed by atoms with E-state index in [0.717, 1.165) is 41.5 Å². The van der Waals surface area contributed by atoms with E-state index in [-0.39, 0.29) is 23.8 Å². The summed E-state index contributed by atoms with van der Waals surface area (Å²) in [6.45, 7) is 2.80. The summed E-state index contributed by atoms with van der Waals surface area (Å²) < 4.78 is 27.0. The molecule has 0 saturated carbocycles. The molecule has 4 aromatic rings. The third-order valence-corrected chi connectivity index (χ3v) is 6.50. The number of hydrogen-bond acceptors (Lipinski definition) is 5. The largest absolute Gasteiger partial charge is 0.497 e. The molecule has 3 aromatic carbocycles. The normalized spacial score (nSPS) is 17.0. The highest BCUT2D eigenvalue weighted by atomic mass is 19.1. The zero-order valence-corrected chi connectivity index (χ0v) is 20.3. The van der Waals surface area contributed by atoms with Gasteiger partial charge in [-0.1, -0.05) is 12.1 Å². The Morgan fingerprint density at radius 1 is 1.14 bits per heavy atom. The van der Waals surface area contributed by atoms with Crippen molar-refractivity contribution < 1.29 is 18.7 Å². The van der Waals surface area contributed by atoms with Gasteiger partial charge in [-0.2, -0.15) is 5.10 Å². The van der Waals surface area contributed by atoms with Crippen LogP contribution < -0.4 is 20.1 Å². The van der Waals surface area contributed by atoms with Crippen LogP contribution in [-0.4, -0.2) is 41.4 Å². The van der Waals surface area contributed by atoms with Crippen LogP contribution >= 0.6 is 0 Å². The van der Waals surface area contributed by atoms with Crippen molar-refractivity contribution in [2.75, 3.05) is 13.7 Å². The number of benzene rings is 3. The summed E-state index contributed by atoms with van der Waals surface area (Å²) in [4.78, 5) is 12.8. The maximum absolute atomic E-state index is 13.4. The lowest BCUT2D eigenvalue weighted by Gasteiger charge is -2.28. The van der Waals surface area contributed by atoms with Gasteiger partial charge in [0.2, 0.25) is 5.91 Å². The maximum Gasteiger partial charge on any atom is 0.237 e. The zero-order valence-electron chi connectivity index (χ0n) is 20.3. The maximum atomic E-state index is 13.4. The summed E-state index contributed by atoms with van der Waals surface area (Å²) >= 11 is 0. The number of nitrogens with zero attached hydrogens (tertiary/aromatic N) is 2. The van der Waals surface area contributed by atoms with Gasteiger partial charge in [-0.15, -0.1) is 0 Å². The minimum absolute atomic E-state index is 0.0208. The molecule has 0 spiro atoms. The molecule has 0 bridgehead atoms. The molecule has 3 atom stereocenters. The van der Waals surface area contributed by atoms with E-state index in [1.165, 1.54) is 12.1 Å². The first-order valence-corrected chi connectivity index (χ1v) is 12.1. The molecule has 1 aliphatic rings. The minimum Gasteiger partial charge on any atom is -0.497 e. The first kappa shape index (κ1) is 23.8. The van der Waals surface area contributed by atoms with Crippen LogP contribution in [0.3, 0.4) is 0 Å². The third kappa shape index (κ3) is 5.04. The van der Waals surface area contributed by atoms with Crippen LogP contribution in [-0.2, 0) is 4.79 Å².